The van der Waals surface area contributed by atoms with Crippen LogP contribution in [0, 0.1) is 11.3 Å². The third-order valence-corrected chi connectivity index (χ3v) is 1.62. The molecule has 5 nitrogen and oxygen atoms in total. The van der Waals surface area contributed by atoms with Crippen molar-refractivity contribution >= 4 is 6.09 Å². The summed E-state index contributed by atoms with van der Waals surface area (Å²) in [6, 6.07) is 1.98. The van der Waals surface area contributed by atoms with Gasteiger partial charge in [0, 0.05) is 6.54 Å². The molecular formula is C10H16N2O3. The number of rotatable bonds is 7. The van der Waals surface area contributed by atoms with Gasteiger partial charge in [0.25, 0.3) is 0 Å². The van der Waals surface area contributed by atoms with E-state index in [4.69, 9.17) is 14.7 Å². The van der Waals surface area contributed by atoms with Crippen molar-refractivity contribution in [1.82, 2.24) is 4.90 Å². The highest BCUT2D eigenvalue weighted by Crippen LogP contribution is 1.96. The molecule has 5 heteroatoms. The van der Waals surface area contributed by atoms with Gasteiger partial charge in [0.05, 0.1) is 31.9 Å². The number of nitrogens with zero attached hydrogens (tertiary/aromatic N) is 2. The fourth-order valence-corrected chi connectivity index (χ4v) is 0.940. The lowest BCUT2D eigenvalue weighted by atomic mass is 10.4. The quantitative estimate of drug-likeness (QED) is 0.474. The van der Waals surface area contributed by atoms with Crippen LogP contribution in [0.1, 0.15) is 13.3 Å². The first-order valence-electron chi connectivity index (χ1n) is 4.77. The Labute approximate surface area is 89.9 Å². The molecule has 0 heterocycles. The Kier molecular flexibility index (Phi) is 7.87. The molecule has 0 saturated carbocycles. The molecule has 0 aliphatic carbocycles. The van der Waals surface area contributed by atoms with Crippen molar-refractivity contribution in [2.24, 2.45) is 0 Å². The van der Waals surface area contributed by atoms with E-state index in [1.807, 2.05) is 6.07 Å². The van der Waals surface area contributed by atoms with Gasteiger partial charge < -0.3 is 14.4 Å². The Morgan fingerprint density at radius 2 is 2.33 bits per heavy atom. The molecule has 0 bridgehead atoms. The van der Waals surface area contributed by atoms with Gasteiger partial charge in [0.1, 0.15) is 6.61 Å². The second-order valence-electron chi connectivity index (χ2n) is 2.63. The maximum absolute atomic E-state index is 11.4. The molecule has 0 N–H and O–H groups in total. The smallest absolute Gasteiger partial charge is 0.409 e. The van der Waals surface area contributed by atoms with Gasteiger partial charge in [0.2, 0.25) is 0 Å². The second-order valence-corrected chi connectivity index (χ2v) is 2.63. The Morgan fingerprint density at radius 3 is 2.87 bits per heavy atom. The minimum absolute atomic E-state index is 0.285. The minimum atomic E-state index is -0.416. The summed E-state index contributed by atoms with van der Waals surface area (Å²) in [5, 5.41) is 8.42. The molecule has 0 unspecified atom stereocenters. The van der Waals surface area contributed by atoms with Crippen LogP contribution in [-0.2, 0) is 9.47 Å². The summed E-state index contributed by atoms with van der Waals surface area (Å²) in [5.41, 5.74) is 0. The highest BCUT2D eigenvalue weighted by molar-refractivity contribution is 5.67. The molecular weight excluding hydrogens is 196 g/mol. The van der Waals surface area contributed by atoms with E-state index in [-0.39, 0.29) is 6.42 Å². The van der Waals surface area contributed by atoms with Crippen LogP contribution in [-0.4, -0.2) is 37.3 Å². The van der Waals surface area contributed by atoms with Gasteiger partial charge in [-0.2, -0.15) is 5.26 Å². The minimum Gasteiger partial charge on any atom is -0.500 e. The number of hydrogen-bond donors (Lipinski definition) is 0. The third-order valence-electron chi connectivity index (χ3n) is 1.62. The van der Waals surface area contributed by atoms with Crippen LogP contribution in [0.4, 0.5) is 4.79 Å². The summed E-state index contributed by atoms with van der Waals surface area (Å²) in [7, 11) is 0. The Hall–Kier alpha value is -1.70. The average Bonchev–Trinajstić information content (AvgIpc) is 2.23. The zero-order valence-corrected chi connectivity index (χ0v) is 8.94. The van der Waals surface area contributed by atoms with Gasteiger partial charge >= 0.3 is 6.09 Å². The van der Waals surface area contributed by atoms with E-state index >= 15 is 0 Å². The molecule has 0 aromatic carbocycles. The zero-order chi connectivity index (χ0) is 11.5. The highest BCUT2D eigenvalue weighted by Gasteiger charge is 2.13. The van der Waals surface area contributed by atoms with Gasteiger partial charge in [-0.05, 0) is 6.92 Å². The normalized spacial score (nSPS) is 8.80. The third kappa shape index (κ3) is 6.38. The molecule has 0 aliphatic heterocycles. The van der Waals surface area contributed by atoms with Crippen molar-refractivity contribution in [2.75, 3.05) is 26.3 Å². The Balaban J connectivity index is 3.99. The monoisotopic (exact) mass is 212 g/mol. The lowest BCUT2D eigenvalue weighted by Crippen LogP contribution is -2.35. The topological polar surface area (TPSA) is 62.6 Å². The van der Waals surface area contributed by atoms with Crippen molar-refractivity contribution in [3.05, 3.63) is 12.8 Å². The highest BCUT2D eigenvalue weighted by atomic mass is 16.6. The summed E-state index contributed by atoms with van der Waals surface area (Å²) in [5.74, 6) is 0. The molecule has 15 heavy (non-hydrogen) atoms. The van der Waals surface area contributed by atoms with Crippen LogP contribution in [0.5, 0.6) is 0 Å². The number of amides is 1. The molecule has 0 aromatic heterocycles. The molecule has 0 spiro atoms. The average molecular weight is 212 g/mol. The van der Waals surface area contributed by atoms with Gasteiger partial charge in [-0.3, -0.25) is 0 Å². The molecule has 0 aliphatic rings. The summed E-state index contributed by atoms with van der Waals surface area (Å²) in [6.07, 6.45) is 1.18. The largest absolute Gasteiger partial charge is 0.500 e. The Bertz CT molecular complexity index is 235. The SMILES string of the molecule is C=COCCN(CCC#N)C(=O)OCC. The van der Waals surface area contributed by atoms with E-state index in [2.05, 4.69) is 6.58 Å². The summed E-state index contributed by atoms with van der Waals surface area (Å²) in [4.78, 5) is 12.8. The fraction of sp³-hybridized carbons (Fsp3) is 0.600. The van der Waals surface area contributed by atoms with Crippen LogP contribution >= 0.6 is 0 Å². The predicted molar refractivity (Wildman–Crippen MR) is 55.0 cm³/mol. The maximum atomic E-state index is 11.4. The molecule has 0 atom stereocenters. The van der Waals surface area contributed by atoms with Crippen LogP contribution in [0.25, 0.3) is 0 Å². The van der Waals surface area contributed by atoms with Crippen LogP contribution < -0.4 is 0 Å². The predicted octanol–water partition coefficient (Wildman–Crippen LogP) is 1.52. The summed E-state index contributed by atoms with van der Waals surface area (Å²) < 4.78 is 9.73. The van der Waals surface area contributed by atoms with E-state index in [1.165, 1.54) is 11.2 Å². The first-order chi connectivity index (χ1) is 7.26. The molecule has 0 saturated heterocycles. The van der Waals surface area contributed by atoms with Gasteiger partial charge in [0.15, 0.2) is 0 Å². The summed E-state index contributed by atoms with van der Waals surface area (Å²) in [6.45, 7) is 6.56. The first-order valence-corrected chi connectivity index (χ1v) is 4.77. The lowest BCUT2D eigenvalue weighted by molar-refractivity contribution is 0.0972. The van der Waals surface area contributed by atoms with Gasteiger partial charge in [-0.15, -0.1) is 0 Å². The molecule has 0 radical (unpaired) electrons. The van der Waals surface area contributed by atoms with Crippen molar-refractivity contribution < 1.29 is 14.3 Å². The van der Waals surface area contributed by atoms with Gasteiger partial charge in [-0.25, -0.2) is 4.79 Å². The van der Waals surface area contributed by atoms with Crippen LogP contribution in [0.15, 0.2) is 12.8 Å². The number of nitriles is 1. The second kappa shape index (κ2) is 8.88. The first kappa shape index (κ1) is 13.3. The van der Waals surface area contributed by atoms with E-state index in [0.717, 1.165) is 0 Å². The number of hydrogen-bond acceptors (Lipinski definition) is 4. The molecule has 0 rings (SSSR count). The maximum Gasteiger partial charge on any atom is 0.409 e. The lowest BCUT2D eigenvalue weighted by Gasteiger charge is -2.20. The number of carbonyl (C=O) groups is 1. The molecule has 0 fully saturated rings. The zero-order valence-electron chi connectivity index (χ0n) is 8.94. The van der Waals surface area contributed by atoms with E-state index in [1.54, 1.807) is 6.92 Å². The van der Waals surface area contributed by atoms with Crippen molar-refractivity contribution in [3.63, 3.8) is 0 Å². The molecule has 1 amide bonds. The van der Waals surface area contributed by atoms with Gasteiger partial charge in [-0.1, -0.05) is 6.58 Å². The fourth-order valence-electron chi connectivity index (χ4n) is 0.940. The van der Waals surface area contributed by atoms with E-state index < -0.39 is 6.09 Å². The van der Waals surface area contributed by atoms with Crippen molar-refractivity contribution in [2.45, 2.75) is 13.3 Å². The summed E-state index contributed by atoms with van der Waals surface area (Å²) >= 11 is 0. The molecule has 84 valence electrons. The van der Waals surface area contributed by atoms with E-state index in [9.17, 15) is 4.79 Å². The number of ether oxygens (including phenoxy) is 2. The van der Waals surface area contributed by atoms with Crippen LogP contribution in [0.3, 0.4) is 0 Å². The Morgan fingerprint density at radius 1 is 1.60 bits per heavy atom. The van der Waals surface area contributed by atoms with Crippen LogP contribution in [0.2, 0.25) is 0 Å². The number of carbonyl (C=O) groups excluding carboxylic acids is 1. The van der Waals surface area contributed by atoms with Crippen molar-refractivity contribution in [1.29, 1.82) is 5.26 Å². The standard InChI is InChI=1S/C10H16N2O3/c1-3-14-9-8-12(7-5-6-11)10(13)15-4-2/h3H,1,4-5,7-9H2,2H3. The molecule has 0 aromatic rings. The van der Waals surface area contributed by atoms with E-state index in [0.29, 0.717) is 26.3 Å². The van der Waals surface area contributed by atoms with Crippen molar-refractivity contribution in [3.8, 4) is 6.07 Å².